The van der Waals surface area contributed by atoms with Crippen molar-refractivity contribution in [2.75, 3.05) is 19.8 Å². The molecule has 1 aliphatic heterocycles. The highest BCUT2D eigenvalue weighted by Crippen LogP contribution is 2.23. The lowest BCUT2D eigenvalue weighted by Crippen LogP contribution is -2.26. The van der Waals surface area contributed by atoms with E-state index in [1.165, 1.54) is 5.56 Å². The van der Waals surface area contributed by atoms with Crippen molar-refractivity contribution < 1.29 is 9.47 Å². The molecule has 1 saturated heterocycles. The molecule has 2 aromatic heterocycles. The van der Waals surface area contributed by atoms with Crippen LogP contribution in [0.15, 0.2) is 53.2 Å². The average molecular weight is 397 g/mol. The molecule has 0 aliphatic carbocycles. The van der Waals surface area contributed by atoms with Crippen LogP contribution in [0.25, 0.3) is 11.4 Å². The van der Waals surface area contributed by atoms with Crippen LogP contribution in [0.3, 0.4) is 0 Å². The molecule has 3 aromatic rings. The van der Waals surface area contributed by atoms with E-state index in [9.17, 15) is 0 Å². The molecular formula is C21H24N4O2S. The topological polar surface area (TPSA) is 61.5 Å². The van der Waals surface area contributed by atoms with Crippen molar-refractivity contribution in [1.82, 2.24) is 14.5 Å². The minimum absolute atomic E-state index is 0.105. The summed E-state index contributed by atoms with van der Waals surface area (Å²) in [6.45, 7) is 6.28. The summed E-state index contributed by atoms with van der Waals surface area (Å²) in [4.78, 5) is 14.5. The van der Waals surface area contributed by atoms with Gasteiger partial charge in [0, 0.05) is 24.4 Å². The van der Waals surface area contributed by atoms with E-state index in [1.54, 1.807) is 29.9 Å². The first-order valence-corrected chi connectivity index (χ1v) is 10.4. The molecule has 1 aromatic carbocycles. The number of hydrogen-bond donors (Lipinski definition) is 0. The molecule has 0 amide bonds. The number of aryl methyl sites for hydroxylation is 1. The summed E-state index contributed by atoms with van der Waals surface area (Å²) in [6, 6.07) is 8.34. The summed E-state index contributed by atoms with van der Waals surface area (Å²) in [5.74, 6) is 0. The van der Waals surface area contributed by atoms with Gasteiger partial charge in [-0.25, -0.2) is 4.99 Å². The second-order valence-corrected chi connectivity index (χ2v) is 7.82. The minimum Gasteiger partial charge on any atom is -0.379 e. The summed E-state index contributed by atoms with van der Waals surface area (Å²) < 4.78 is 13.7. The molecule has 0 N–H and O–H groups in total. The van der Waals surface area contributed by atoms with Gasteiger partial charge in [-0.1, -0.05) is 17.7 Å². The van der Waals surface area contributed by atoms with E-state index in [0.29, 0.717) is 13.2 Å². The number of nitrogens with zero attached hydrogens (tertiary/aromatic N) is 4. The SMILES string of the molecule is Cc1ccc(N=c2scc(-c3cnccn3)n2C(C)COC2CCOC2)cc1. The molecule has 2 unspecified atom stereocenters. The number of rotatable bonds is 6. The van der Waals surface area contributed by atoms with Gasteiger partial charge in [-0.2, -0.15) is 0 Å². The molecule has 146 valence electrons. The van der Waals surface area contributed by atoms with Crippen LogP contribution in [-0.4, -0.2) is 40.5 Å². The Morgan fingerprint density at radius 2 is 2.18 bits per heavy atom. The molecule has 3 heterocycles. The number of thiazole rings is 1. The monoisotopic (exact) mass is 396 g/mol. The van der Waals surface area contributed by atoms with Gasteiger partial charge in [-0.15, -0.1) is 11.3 Å². The van der Waals surface area contributed by atoms with Crippen LogP contribution >= 0.6 is 11.3 Å². The molecular weight excluding hydrogens is 372 g/mol. The molecule has 1 aliphatic rings. The normalized spacial score (nSPS) is 18.5. The maximum absolute atomic E-state index is 6.08. The van der Waals surface area contributed by atoms with Crippen LogP contribution in [0.5, 0.6) is 0 Å². The van der Waals surface area contributed by atoms with Crippen molar-refractivity contribution in [3.8, 4) is 11.4 Å². The standard InChI is InChI=1S/C21H24N4O2S/c1-15-3-5-17(6-4-15)24-21-25(16(2)12-27-18-7-10-26-13-18)20(14-28-21)19-11-22-8-9-23-19/h3-6,8-9,11,14,16,18H,7,10,12-13H2,1-2H3. The predicted octanol–water partition coefficient (Wildman–Crippen LogP) is 3.91. The fourth-order valence-corrected chi connectivity index (χ4v) is 4.17. The summed E-state index contributed by atoms with van der Waals surface area (Å²) in [5.41, 5.74) is 3.99. The van der Waals surface area contributed by atoms with Gasteiger partial charge in [0.2, 0.25) is 0 Å². The molecule has 0 spiro atoms. The summed E-state index contributed by atoms with van der Waals surface area (Å²) >= 11 is 1.60. The zero-order valence-electron chi connectivity index (χ0n) is 16.1. The van der Waals surface area contributed by atoms with Crippen molar-refractivity contribution in [2.24, 2.45) is 4.99 Å². The molecule has 2 atom stereocenters. The van der Waals surface area contributed by atoms with Crippen molar-refractivity contribution in [1.29, 1.82) is 0 Å². The second-order valence-electron chi connectivity index (χ2n) is 6.98. The molecule has 0 saturated carbocycles. The summed E-state index contributed by atoms with van der Waals surface area (Å²) in [7, 11) is 0. The number of ether oxygens (including phenoxy) is 2. The highest BCUT2D eigenvalue weighted by Gasteiger charge is 2.20. The lowest BCUT2D eigenvalue weighted by molar-refractivity contribution is 0.0271. The Balaban J connectivity index is 1.69. The third-order valence-corrected chi connectivity index (χ3v) is 5.57. The molecule has 4 rings (SSSR count). The Kier molecular flexibility index (Phi) is 5.95. The fourth-order valence-electron chi connectivity index (χ4n) is 3.17. The van der Waals surface area contributed by atoms with Crippen LogP contribution in [-0.2, 0) is 9.47 Å². The van der Waals surface area contributed by atoms with E-state index in [-0.39, 0.29) is 12.1 Å². The highest BCUT2D eigenvalue weighted by molar-refractivity contribution is 7.07. The number of aromatic nitrogens is 3. The van der Waals surface area contributed by atoms with Gasteiger partial charge < -0.3 is 14.0 Å². The largest absolute Gasteiger partial charge is 0.379 e. The third kappa shape index (κ3) is 4.38. The van der Waals surface area contributed by atoms with Crippen molar-refractivity contribution >= 4 is 17.0 Å². The van der Waals surface area contributed by atoms with Gasteiger partial charge in [-0.3, -0.25) is 9.97 Å². The molecule has 28 heavy (non-hydrogen) atoms. The predicted molar refractivity (Wildman–Crippen MR) is 110 cm³/mol. The second kappa shape index (κ2) is 8.77. The van der Waals surface area contributed by atoms with Gasteiger partial charge >= 0.3 is 0 Å². The Morgan fingerprint density at radius 1 is 1.32 bits per heavy atom. The Morgan fingerprint density at radius 3 is 2.89 bits per heavy atom. The zero-order valence-corrected chi connectivity index (χ0v) is 16.9. The molecule has 0 radical (unpaired) electrons. The van der Waals surface area contributed by atoms with Crippen molar-refractivity contribution in [3.63, 3.8) is 0 Å². The van der Waals surface area contributed by atoms with E-state index in [1.807, 2.05) is 12.1 Å². The molecule has 7 heteroatoms. The minimum atomic E-state index is 0.105. The molecule has 0 bridgehead atoms. The van der Waals surface area contributed by atoms with Gasteiger partial charge in [0.05, 0.1) is 42.9 Å². The quantitative estimate of drug-likeness (QED) is 0.634. The first-order valence-electron chi connectivity index (χ1n) is 9.48. The first kappa shape index (κ1) is 19.0. The maximum atomic E-state index is 6.08. The first-order chi connectivity index (χ1) is 13.7. The van der Waals surface area contributed by atoms with Crippen LogP contribution in [0.2, 0.25) is 0 Å². The van der Waals surface area contributed by atoms with E-state index in [4.69, 9.17) is 14.5 Å². The highest BCUT2D eigenvalue weighted by atomic mass is 32.1. The van der Waals surface area contributed by atoms with E-state index in [2.05, 4.69) is 45.9 Å². The van der Waals surface area contributed by atoms with Gasteiger partial charge in [0.1, 0.15) is 5.69 Å². The van der Waals surface area contributed by atoms with Crippen LogP contribution in [0.4, 0.5) is 5.69 Å². The lowest BCUT2D eigenvalue weighted by atomic mass is 10.2. The van der Waals surface area contributed by atoms with Crippen LogP contribution in [0.1, 0.15) is 24.9 Å². The molecule has 1 fully saturated rings. The van der Waals surface area contributed by atoms with E-state index < -0.39 is 0 Å². The van der Waals surface area contributed by atoms with Gasteiger partial charge in [-0.05, 0) is 32.4 Å². The maximum Gasteiger partial charge on any atom is 0.190 e. The number of benzene rings is 1. The van der Waals surface area contributed by atoms with E-state index >= 15 is 0 Å². The lowest BCUT2D eigenvalue weighted by Gasteiger charge is -2.19. The third-order valence-electron chi connectivity index (χ3n) is 4.73. The van der Waals surface area contributed by atoms with Crippen LogP contribution < -0.4 is 4.80 Å². The zero-order chi connectivity index (χ0) is 19.3. The Hall–Kier alpha value is -2.35. The summed E-state index contributed by atoms with van der Waals surface area (Å²) in [6.07, 6.45) is 6.32. The van der Waals surface area contributed by atoms with Gasteiger partial charge in [0.15, 0.2) is 4.80 Å². The van der Waals surface area contributed by atoms with E-state index in [0.717, 1.165) is 34.9 Å². The average Bonchev–Trinajstić information content (AvgIpc) is 3.38. The van der Waals surface area contributed by atoms with Crippen molar-refractivity contribution in [2.45, 2.75) is 32.4 Å². The Labute approximate surface area is 168 Å². The van der Waals surface area contributed by atoms with Crippen LogP contribution in [0, 0.1) is 6.92 Å². The molecule has 6 nitrogen and oxygen atoms in total. The van der Waals surface area contributed by atoms with Gasteiger partial charge in [0.25, 0.3) is 0 Å². The fraction of sp³-hybridized carbons (Fsp3) is 0.381. The van der Waals surface area contributed by atoms with Crippen molar-refractivity contribution in [3.05, 3.63) is 58.6 Å². The Bertz CT molecular complexity index is 960. The smallest absolute Gasteiger partial charge is 0.190 e. The summed E-state index contributed by atoms with van der Waals surface area (Å²) in [5, 5.41) is 2.09. The number of hydrogen-bond acceptors (Lipinski definition) is 6.